The van der Waals surface area contributed by atoms with Crippen molar-refractivity contribution in [2.45, 2.75) is 24.9 Å². The second kappa shape index (κ2) is 11.6. The number of imidazole rings is 1. The van der Waals surface area contributed by atoms with Crippen LogP contribution in [0.2, 0.25) is 0 Å². The van der Waals surface area contributed by atoms with Gasteiger partial charge in [0.25, 0.3) is 0 Å². The van der Waals surface area contributed by atoms with E-state index in [2.05, 4.69) is 28.9 Å². The molecule has 1 aromatic carbocycles. The summed E-state index contributed by atoms with van der Waals surface area (Å²) in [7, 11) is -15.2. The summed E-state index contributed by atoms with van der Waals surface area (Å²) in [5.41, 5.74) is 7.00. The second-order valence-corrected chi connectivity index (χ2v) is 12.5. The van der Waals surface area contributed by atoms with E-state index in [1.165, 1.54) is 23.3 Å². The Morgan fingerprint density at radius 2 is 1.85 bits per heavy atom. The number of benzene rings is 1. The van der Waals surface area contributed by atoms with Crippen LogP contribution in [0.4, 0.5) is 11.5 Å². The number of ether oxygens (including phenoxy) is 2. The van der Waals surface area contributed by atoms with Gasteiger partial charge in [-0.05, 0) is 12.1 Å². The van der Waals surface area contributed by atoms with Crippen molar-refractivity contribution < 1.29 is 60.7 Å². The Kier molecular flexibility index (Phi) is 8.75. The summed E-state index contributed by atoms with van der Waals surface area (Å²) in [5, 5.41) is 2.85. The largest absolute Gasteiger partial charge is 0.490 e. The van der Waals surface area contributed by atoms with E-state index in [4.69, 9.17) is 29.5 Å². The molecule has 22 heteroatoms. The zero-order valence-electron chi connectivity index (χ0n) is 20.3. The average Bonchev–Trinajstić information content (AvgIpc) is 3.45. The van der Waals surface area contributed by atoms with Crippen LogP contribution in [-0.4, -0.2) is 70.9 Å². The predicted octanol–water partition coefficient (Wildman–Crippen LogP) is 1.31. The van der Waals surface area contributed by atoms with Crippen molar-refractivity contribution in [2.24, 2.45) is 0 Å². The zero-order valence-corrected chi connectivity index (χ0v) is 23.0. The molecule has 3 heterocycles. The Bertz CT molecular complexity index is 1550. The van der Waals surface area contributed by atoms with Gasteiger partial charge in [0.05, 0.1) is 18.5 Å². The lowest BCUT2D eigenvalue weighted by Gasteiger charge is -2.21. The Balaban J connectivity index is 1.55. The maximum Gasteiger partial charge on any atom is 0.490 e. The minimum atomic E-state index is -5.74. The van der Waals surface area contributed by atoms with E-state index in [1.807, 2.05) is 0 Å². The number of hydrogen-bond acceptors (Lipinski definition) is 14. The molecule has 218 valence electrons. The number of para-hydroxylation sites is 1. The van der Waals surface area contributed by atoms with Crippen LogP contribution in [0.5, 0.6) is 0 Å². The van der Waals surface area contributed by atoms with E-state index in [0.717, 1.165) is 0 Å². The molecular formula is C18H23N6O13P3. The number of nitrogens with one attached hydrogen (secondary N) is 1. The Hall–Kier alpha value is -2.79. The Morgan fingerprint density at radius 3 is 2.55 bits per heavy atom. The molecule has 2 unspecified atom stereocenters. The van der Waals surface area contributed by atoms with Gasteiger partial charge in [-0.2, -0.15) is 8.62 Å². The molecule has 1 aliphatic heterocycles. The number of fused-ring (bicyclic) bond motifs is 1. The van der Waals surface area contributed by atoms with Gasteiger partial charge in [0.15, 0.2) is 11.5 Å². The van der Waals surface area contributed by atoms with Crippen LogP contribution in [0.3, 0.4) is 0 Å². The lowest BCUT2D eigenvalue weighted by molar-refractivity contribution is -0.0489. The lowest BCUT2D eigenvalue weighted by Crippen LogP contribution is -2.31. The first-order valence-corrected chi connectivity index (χ1v) is 15.5. The van der Waals surface area contributed by atoms with E-state index >= 15 is 0 Å². The van der Waals surface area contributed by atoms with Gasteiger partial charge in [0, 0.05) is 19.2 Å². The molecule has 1 saturated heterocycles. The molecule has 0 spiro atoms. The van der Waals surface area contributed by atoms with E-state index < -0.39 is 54.5 Å². The second-order valence-electron chi connectivity index (χ2n) is 8.07. The third-order valence-electron chi connectivity index (χ3n) is 5.37. The summed E-state index contributed by atoms with van der Waals surface area (Å²) >= 11 is 0. The van der Waals surface area contributed by atoms with Crippen LogP contribution in [0.1, 0.15) is 23.0 Å². The quantitative estimate of drug-likeness (QED) is 0.129. The minimum absolute atomic E-state index is 0.0345. The number of aromatic nitrogens is 4. The van der Waals surface area contributed by atoms with Crippen molar-refractivity contribution >= 4 is 52.1 Å². The normalized spacial score (nSPS) is 22.5. The molecule has 0 radical (unpaired) electrons. The van der Waals surface area contributed by atoms with Crippen molar-refractivity contribution in [2.75, 3.05) is 24.7 Å². The number of esters is 1. The monoisotopic (exact) mass is 624 g/mol. The van der Waals surface area contributed by atoms with Gasteiger partial charge in [-0.1, -0.05) is 12.1 Å². The fourth-order valence-corrected chi connectivity index (χ4v) is 6.81. The number of hydrogen-bond donors (Lipinski definition) is 6. The molecule has 0 aliphatic carbocycles. The minimum Gasteiger partial charge on any atom is -0.456 e. The van der Waals surface area contributed by atoms with Gasteiger partial charge in [-0.3, -0.25) is 9.09 Å². The summed E-state index contributed by atoms with van der Waals surface area (Å²) in [5.74, 6) is -0.679. The van der Waals surface area contributed by atoms with Gasteiger partial charge in [-0.25, -0.2) is 33.4 Å². The smallest absolute Gasteiger partial charge is 0.456 e. The van der Waals surface area contributed by atoms with Gasteiger partial charge in [0.1, 0.15) is 30.3 Å². The molecule has 19 nitrogen and oxygen atoms in total. The first-order valence-electron chi connectivity index (χ1n) is 11.0. The number of nitrogen functional groups attached to an aromatic ring is 1. The number of phosphoric acid groups is 3. The molecule has 1 fully saturated rings. The Morgan fingerprint density at radius 1 is 1.12 bits per heavy atom. The third-order valence-corrected chi connectivity index (χ3v) is 9.17. The van der Waals surface area contributed by atoms with Crippen molar-refractivity contribution in [3.05, 3.63) is 42.5 Å². The fraction of sp³-hybridized carbons (Fsp3) is 0.333. The molecular weight excluding hydrogens is 601 g/mol. The first kappa shape index (κ1) is 30.2. The number of anilines is 2. The highest BCUT2D eigenvalue weighted by Crippen LogP contribution is 2.66. The van der Waals surface area contributed by atoms with E-state index in [9.17, 15) is 28.3 Å². The number of carbonyl (C=O) groups excluding carboxylic acids is 1. The first-order chi connectivity index (χ1) is 18.7. The average molecular weight is 624 g/mol. The van der Waals surface area contributed by atoms with Crippen LogP contribution < -0.4 is 11.1 Å². The molecule has 5 atom stereocenters. The zero-order chi connectivity index (χ0) is 29.3. The van der Waals surface area contributed by atoms with Gasteiger partial charge in [0.2, 0.25) is 0 Å². The highest BCUT2D eigenvalue weighted by Gasteiger charge is 2.44. The molecule has 7 N–H and O–H groups in total. The third kappa shape index (κ3) is 7.28. The molecule has 2 aromatic heterocycles. The molecule has 1 aliphatic rings. The standard InChI is InChI=1S/C18H23N6O13P3/c1-20-11-5-3-2-4-10(11)18(25)35-12-6-14(24-9-23-15-16(19)21-8-22-17(15)24)34-13(12)7-33-39(29,30)37-40(31,32)36-38(26,27)28/h2-5,8-9,12-14,20H,6-7H2,1H3,(H,29,30)(H,31,32)(H2,19,21,22)(H2,26,27,28)/t12-,13+,14+/m0/s1. The molecule has 3 aromatic rings. The summed E-state index contributed by atoms with van der Waals surface area (Å²) in [6.07, 6.45) is -0.785. The van der Waals surface area contributed by atoms with Crippen LogP contribution in [0.15, 0.2) is 36.9 Å². The molecule has 0 amide bonds. The highest BCUT2D eigenvalue weighted by atomic mass is 31.3. The summed E-state index contributed by atoms with van der Waals surface area (Å²) in [6, 6.07) is 6.45. The van der Waals surface area contributed by atoms with Gasteiger partial charge < -0.3 is 40.1 Å². The van der Waals surface area contributed by atoms with Crippen molar-refractivity contribution in [3.8, 4) is 0 Å². The van der Waals surface area contributed by atoms with Crippen LogP contribution in [0, 0.1) is 0 Å². The maximum atomic E-state index is 13.0. The maximum absolute atomic E-state index is 13.0. The van der Waals surface area contributed by atoms with Crippen molar-refractivity contribution in [3.63, 3.8) is 0 Å². The van der Waals surface area contributed by atoms with E-state index in [1.54, 1.807) is 25.2 Å². The van der Waals surface area contributed by atoms with Gasteiger partial charge in [-0.15, -0.1) is 0 Å². The molecule has 0 saturated carbocycles. The Labute approximate surface area is 224 Å². The van der Waals surface area contributed by atoms with Crippen molar-refractivity contribution in [1.29, 1.82) is 0 Å². The van der Waals surface area contributed by atoms with Crippen LogP contribution in [0.25, 0.3) is 11.2 Å². The summed E-state index contributed by atoms with van der Waals surface area (Å²) in [6.45, 7) is -0.852. The topological polar surface area (TPSA) is 277 Å². The fourth-order valence-electron chi connectivity index (χ4n) is 3.78. The summed E-state index contributed by atoms with van der Waals surface area (Å²) in [4.78, 5) is 61.7. The SMILES string of the molecule is CNc1ccccc1C(=O)O[C@H]1C[C@H](n2cnc3c(N)ncnc32)O[C@@H]1COP(=O)(O)OP(=O)(O)OP(=O)(O)O. The number of rotatable bonds is 11. The van der Waals surface area contributed by atoms with Gasteiger partial charge >= 0.3 is 29.4 Å². The number of nitrogens with two attached hydrogens (primary N) is 1. The van der Waals surface area contributed by atoms with E-state index in [-0.39, 0.29) is 29.0 Å². The summed E-state index contributed by atoms with van der Waals surface area (Å²) < 4.78 is 59.9. The highest BCUT2D eigenvalue weighted by molar-refractivity contribution is 7.66. The van der Waals surface area contributed by atoms with Crippen LogP contribution >= 0.6 is 23.5 Å². The molecule has 0 bridgehead atoms. The number of nitrogens with zero attached hydrogens (tertiary/aromatic N) is 4. The van der Waals surface area contributed by atoms with Crippen LogP contribution in [-0.2, 0) is 36.3 Å². The molecule has 4 rings (SSSR count). The molecule has 40 heavy (non-hydrogen) atoms. The van der Waals surface area contributed by atoms with Crippen molar-refractivity contribution in [1.82, 2.24) is 19.5 Å². The van der Waals surface area contributed by atoms with E-state index in [0.29, 0.717) is 5.69 Å². The lowest BCUT2D eigenvalue weighted by atomic mass is 10.1. The number of phosphoric ester groups is 1. The number of carbonyl (C=O) groups is 1. The predicted molar refractivity (Wildman–Crippen MR) is 133 cm³/mol.